The van der Waals surface area contributed by atoms with E-state index >= 15 is 0 Å². The average molecular weight is 385 g/mol. The number of methoxy groups -OCH3 is 1. The Hall–Kier alpha value is -3.30. The summed E-state index contributed by atoms with van der Waals surface area (Å²) >= 11 is 0. The standard InChI is InChI=1S/C15H11BFN5O3.C3H8.H2/c1-25-13-11-4-8(16)2-3-10(11)14(24)22(21-13)7-12(23)20-15-18-5-9(17)6-19-15;1-3-2;/h2-6H,7H2,1H3,(H,18,19,20,23);3H2,1-2H3;1H. The number of hydrogen-bond acceptors (Lipinski definition) is 6. The van der Waals surface area contributed by atoms with E-state index in [1.54, 1.807) is 12.1 Å². The highest BCUT2D eigenvalue weighted by atomic mass is 19.1. The van der Waals surface area contributed by atoms with Crippen LogP contribution in [0.3, 0.4) is 0 Å². The fourth-order valence-electron chi connectivity index (χ4n) is 2.21. The number of aromatic nitrogens is 4. The third-order valence-electron chi connectivity index (χ3n) is 3.31. The summed E-state index contributed by atoms with van der Waals surface area (Å²) in [5.41, 5.74) is -0.0260. The van der Waals surface area contributed by atoms with Gasteiger partial charge in [0.15, 0.2) is 5.82 Å². The molecule has 2 radical (unpaired) electrons. The molecule has 0 bridgehead atoms. The van der Waals surface area contributed by atoms with Gasteiger partial charge in [0.25, 0.3) is 5.56 Å². The largest absolute Gasteiger partial charge is 0.480 e. The smallest absolute Gasteiger partial charge is 0.275 e. The Bertz CT molecular complexity index is 1030. The molecule has 0 spiro atoms. The first-order chi connectivity index (χ1) is 13.4. The number of hydrogen-bond donors (Lipinski definition) is 1. The predicted octanol–water partition coefficient (Wildman–Crippen LogP) is 1.43. The molecule has 2 heterocycles. The van der Waals surface area contributed by atoms with Crippen LogP contribution in [0.1, 0.15) is 21.7 Å². The maximum Gasteiger partial charge on any atom is 0.275 e. The van der Waals surface area contributed by atoms with Gasteiger partial charge in [-0.15, -0.1) is 5.10 Å². The van der Waals surface area contributed by atoms with Gasteiger partial charge in [-0.05, 0) is 6.07 Å². The lowest BCUT2D eigenvalue weighted by atomic mass is 9.94. The SMILES string of the molecule is CCC.[B]c1ccc2c(=O)n(CC(=O)Nc3ncc(F)cn3)nc(OC)c2c1.[HH]. The van der Waals surface area contributed by atoms with E-state index in [0.29, 0.717) is 16.2 Å². The fraction of sp³-hybridized carbons (Fsp3) is 0.278. The third-order valence-corrected chi connectivity index (χ3v) is 3.31. The zero-order valence-corrected chi connectivity index (χ0v) is 15.8. The number of carbonyl (C=O) groups is 1. The Morgan fingerprint density at radius 2 is 1.93 bits per heavy atom. The summed E-state index contributed by atoms with van der Waals surface area (Å²) < 4.78 is 18.9. The zero-order valence-electron chi connectivity index (χ0n) is 15.8. The van der Waals surface area contributed by atoms with Gasteiger partial charge in [0, 0.05) is 1.43 Å². The van der Waals surface area contributed by atoms with Crippen LogP contribution >= 0.6 is 0 Å². The van der Waals surface area contributed by atoms with Crippen LogP contribution in [0.15, 0.2) is 35.4 Å². The molecule has 8 nitrogen and oxygen atoms in total. The number of carbonyl (C=O) groups excluding carboxylic acids is 1. The second-order valence-corrected chi connectivity index (χ2v) is 5.76. The maximum absolute atomic E-state index is 12.8. The summed E-state index contributed by atoms with van der Waals surface area (Å²) in [6.45, 7) is 3.86. The predicted molar refractivity (Wildman–Crippen MR) is 107 cm³/mol. The zero-order chi connectivity index (χ0) is 20.7. The van der Waals surface area contributed by atoms with Crippen LogP contribution in [0, 0.1) is 5.82 Å². The van der Waals surface area contributed by atoms with Gasteiger partial charge in [-0.2, -0.15) is 0 Å². The van der Waals surface area contributed by atoms with Crippen LogP contribution < -0.4 is 21.1 Å². The highest BCUT2D eigenvalue weighted by Crippen LogP contribution is 2.18. The van der Waals surface area contributed by atoms with Gasteiger partial charge in [-0.25, -0.2) is 19.0 Å². The molecule has 1 N–H and O–H groups in total. The summed E-state index contributed by atoms with van der Waals surface area (Å²) in [5, 5.41) is 7.13. The first kappa shape index (κ1) is 21.0. The number of nitrogens with one attached hydrogen (secondary N) is 1. The topological polar surface area (TPSA) is 99.0 Å². The molecule has 0 fully saturated rings. The molecule has 0 aliphatic rings. The molecule has 0 atom stereocenters. The van der Waals surface area contributed by atoms with Crippen molar-refractivity contribution < 1.29 is 15.3 Å². The van der Waals surface area contributed by atoms with Crippen LogP contribution in [-0.4, -0.2) is 40.6 Å². The lowest BCUT2D eigenvalue weighted by molar-refractivity contribution is -0.117. The second-order valence-electron chi connectivity index (χ2n) is 5.76. The average Bonchev–Trinajstić information content (AvgIpc) is 2.66. The maximum atomic E-state index is 12.8. The first-order valence-corrected chi connectivity index (χ1v) is 8.51. The van der Waals surface area contributed by atoms with Crippen molar-refractivity contribution in [2.45, 2.75) is 26.8 Å². The van der Waals surface area contributed by atoms with Crippen molar-refractivity contribution >= 4 is 35.9 Å². The number of ether oxygens (including phenoxy) is 1. The van der Waals surface area contributed by atoms with Crippen molar-refractivity contribution in [2.75, 3.05) is 12.4 Å². The van der Waals surface area contributed by atoms with Gasteiger partial charge in [0.05, 0.1) is 30.3 Å². The van der Waals surface area contributed by atoms with E-state index in [4.69, 9.17) is 12.6 Å². The number of amides is 1. The Morgan fingerprint density at radius 3 is 2.54 bits per heavy atom. The molecular formula is C18H21BFN5O3. The molecule has 0 saturated heterocycles. The van der Waals surface area contributed by atoms with E-state index in [-0.39, 0.29) is 13.3 Å². The van der Waals surface area contributed by atoms with Crippen LogP contribution in [0.5, 0.6) is 5.88 Å². The molecule has 28 heavy (non-hydrogen) atoms. The molecule has 1 aromatic carbocycles. The van der Waals surface area contributed by atoms with Gasteiger partial charge < -0.3 is 4.74 Å². The van der Waals surface area contributed by atoms with Crippen molar-refractivity contribution in [1.82, 2.24) is 19.7 Å². The lowest BCUT2D eigenvalue weighted by Gasteiger charge is -2.10. The molecule has 1 amide bonds. The van der Waals surface area contributed by atoms with Gasteiger partial charge in [0.2, 0.25) is 17.7 Å². The highest BCUT2D eigenvalue weighted by molar-refractivity contribution is 6.33. The number of nitrogens with zero attached hydrogens (tertiary/aromatic N) is 4. The number of halogens is 1. The van der Waals surface area contributed by atoms with E-state index in [2.05, 4.69) is 34.2 Å². The molecule has 0 unspecified atom stereocenters. The highest BCUT2D eigenvalue weighted by Gasteiger charge is 2.14. The van der Waals surface area contributed by atoms with Gasteiger partial charge in [-0.3, -0.25) is 14.9 Å². The van der Waals surface area contributed by atoms with Crippen LogP contribution in [0.4, 0.5) is 10.3 Å². The molecule has 3 aromatic rings. The number of anilines is 1. The Balaban J connectivity index is 0.000000990. The molecular weight excluding hydrogens is 364 g/mol. The summed E-state index contributed by atoms with van der Waals surface area (Å²) in [4.78, 5) is 31.8. The summed E-state index contributed by atoms with van der Waals surface area (Å²) in [6.07, 6.45) is 3.08. The number of fused-ring (bicyclic) bond motifs is 1. The Labute approximate surface area is 163 Å². The second kappa shape index (κ2) is 9.59. The first-order valence-electron chi connectivity index (χ1n) is 8.51. The van der Waals surface area contributed by atoms with E-state index in [9.17, 15) is 14.0 Å². The third kappa shape index (κ3) is 5.12. The monoisotopic (exact) mass is 385 g/mol. The van der Waals surface area contributed by atoms with Crippen molar-refractivity contribution in [3.63, 3.8) is 0 Å². The van der Waals surface area contributed by atoms with Crippen molar-refractivity contribution in [1.29, 1.82) is 0 Å². The van der Waals surface area contributed by atoms with Crippen molar-refractivity contribution in [3.8, 4) is 5.88 Å². The molecule has 3 rings (SSSR count). The van der Waals surface area contributed by atoms with E-state index in [1.807, 2.05) is 0 Å². The minimum atomic E-state index is -0.630. The minimum Gasteiger partial charge on any atom is -0.480 e. The lowest BCUT2D eigenvalue weighted by Crippen LogP contribution is -2.30. The van der Waals surface area contributed by atoms with Gasteiger partial charge in [0.1, 0.15) is 14.4 Å². The van der Waals surface area contributed by atoms with Gasteiger partial charge in [-0.1, -0.05) is 37.9 Å². The summed E-state index contributed by atoms with van der Waals surface area (Å²) in [5.74, 6) is -1.15. The Kier molecular flexibility index (Phi) is 7.19. The van der Waals surface area contributed by atoms with Crippen LogP contribution in [-0.2, 0) is 11.3 Å². The fourth-order valence-corrected chi connectivity index (χ4v) is 2.21. The number of rotatable bonds is 4. The normalized spacial score (nSPS) is 10.1. The molecule has 0 aliphatic heterocycles. The van der Waals surface area contributed by atoms with Crippen molar-refractivity contribution in [3.05, 3.63) is 46.8 Å². The minimum absolute atomic E-state index is 0. The quantitative estimate of drug-likeness (QED) is 0.683. The van der Waals surface area contributed by atoms with Crippen LogP contribution in [0.25, 0.3) is 10.8 Å². The molecule has 0 aliphatic carbocycles. The van der Waals surface area contributed by atoms with Crippen molar-refractivity contribution in [2.24, 2.45) is 0 Å². The Morgan fingerprint density at radius 1 is 1.29 bits per heavy atom. The molecule has 0 saturated carbocycles. The molecule has 2 aromatic heterocycles. The summed E-state index contributed by atoms with van der Waals surface area (Å²) in [6, 6.07) is 4.67. The summed E-state index contributed by atoms with van der Waals surface area (Å²) in [7, 11) is 7.11. The number of benzene rings is 1. The molecule has 146 valence electrons. The van der Waals surface area contributed by atoms with E-state index in [0.717, 1.165) is 17.1 Å². The van der Waals surface area contributed by atoms with E-state index in [1.165, 1.54) is 19.6 Å². The molecule has 10 heteroatoms. The van der Waals surface area contributed by atoms with Crippen LogP contribution in [0.2, 0.25) is 0 Å². The van der Waals surface area contributed by atoms with Gasteiger partial charge >= 0.3 is 0 Å². The van der Waals surface area contributed by atoms with E-state index < -0.39 is 23.8 Å².